The highest BCUT2D eigenvalue weighted by Gasteiger charge is 1.98. The van der Waals surface area contributed by atoms with Crippen molar-refractivity contribution in [3.05, 3.63) is 0 Å². The first-order chi connectivity index (χ1) is 8.66. The van der Waals surface area contributed by atoms with E-state index >= 15 is 0 Å². The van der Waals surface area contributed by atoms with Gasteiger partial charge in [0.1, 0.15) is 6.21 Å². The first kappa shape index (κ1) is 17.1. The molecule has 0 unspecified atom stereocenters. The molecular weight excluding hydrogens is 228 g/mol. The summed E-state index contributed by atoms with van der Waals surface area (Å²) in [6, 6.07) is 0. The van der Waals surface area contributed by atoms with E-state index in [0.29, 0.717) is 6.42 Å². The van der Waals surface area contributed by atoms with Gasteiger partial charge in [-0.25, -0.2) is 0 Å². The third-order valence-electron chi connectivity index (χ3n) is 3.05. The number of carbonyl (C=O) groups is 1. The van der Waals surface area contributed by atoms with Crippen molar-refractivity contribution in [2.24, 2.45) is 5.16 Å². The van der Waals surface area contributed by atoms with Gasteiger partial charge in [-0.05, 0) is 19.3 Å². The van der Waals surface area contributed by atoms with E-state index in [1.54, 1.807) is 0 Å². The number of oxime groups is 1. The SMILES string of the molecule is C[NH+](C)CCCCCCCCCCC(=O)/C=N\O. The Bertz CT molecular complexity index is 228. The minimum Gasteiger partial charge on any atom is -0.411 e. The first-order valence-electron chi connectivity index (χ1n) is 7.16. The van der Waals surface area contributed by atoms with Crippen LogP contribution in [0.4, 0.5) is 0 Å². The molecule has 0 bridgehead atoms. The molecule has 4 heteroatoms. The van der Waals surface area contributed by atoms with Gasteiger partial charge in [-0.1, -0.05) is 37.3 Å². The molecule has 0 aromatic rings. The van der Waals surface area contributed by atoms with Crippen LogP contribution < -0.4 is 4.90 Å². The first-order valence-corrected chi connectivity index (χ1v) is 7.16. The Hall–Kier alpha value is -0.900. The van der Waals surface area contributed by atoms with E-state index < -0.39 is 0 Å². The van der Waals surface area contributed by atoms with Crippen LogP contribution in [0.1, 0.15) is 57.8 Å². The van der Waals surface area contributed by atoms with Crippen LogP contribution in [0.5, 0.6) is 0 Å². The zero-order chi connectivity index (χ0) is 13.6. The van der Waals surface area contributed by atoms with Crippen molar-refractivity contribution in [3.8, 4) is 0 Å². The Balaban J connectivity index is 3.10. The third-order valence-corrected chi connectivity index (χ3v) is 3.05. The van der Waals surface area contributed by atoms with E-state index in [1.165, 1.54) is 50.0 Å². The van der Waals surface area contributed by atoms with Gasteiger partial charge < -0.3 is 10.1 Å². The van der Waals surface area contributed by atoms with Crippen LogP contribution in [0.15, 0.2) is 5.16 Å². The predicted molar refractivity (Wildman–Crippen MR) is 74.5 cm³/mol. The molecule has 0 aliphatic heterocycles. The molecule has 18 heavy (non-hydrogen) atoms. The minimum atomic E-state index is -0.0799. The van der Waals surface area contributed by atoms with Gasteiger partial charge in [-0.2, -0.15) is 0 Å². The lowest BCUT2D eigenvalue weighted by molar-refractivity contribution is -0.858. The molecule has 0 aromatic heterocycles. The fraction of sp³-hybridized carbons (Fsp3) is 0.857. The fourth-order valence-electron chi connectivity index (χ4n) is 1.97. The lowest BCUT2D eigenvalue weighted by atomic mass is 10.1. The van der Waals surface area contributed by atoms with Crippen LogP contribution >= 0.6 is 0 Å². The van der Waals surface area contributed by atoms with E-state index in [4.69, 9.17) is 5.21 Å². The molecule has 0 aliphatic carbocycles. The van der Waals surface area contributed by atoms with Crippen LogP contribution in [0.2, 0.25) is 0 Å². The minimum absolute atomic E-state index is 0.0799. The maximum absolute atomic E-state index is 11.0. The van der Waals surface area contributed by atoms with Gasteiger partial charge in [0.05, 0.1) is 20.6 Å². The van der Waals surface area contributed by atoms with Gasteiger partial charge in [0, 0.05) is 6.42 Å². The molecule has 0 rings (SSSR count). The van der Waals surface area contributed by atoms with Gasteiger partial charge in [-0.3, -0.25) is 4.79 Å². The Kier molecular flexibility index (Phi) is 11.9. The molecule has 0 spiro atoms. The summed E-state index contributed by atoms with van der Waals surface area (Å²) in [5.41, 5.74) is 0. The van der Waals surface area contributed by atoms with Gasteiger partial charge >= 0.3 is 0 Å². The molecule has 0 saturated heterocycles. The normalized spacial score (nSPS) is 11.5. The third kappa shape index (κ3) is 13.2. The van der Waals surface area contributed by atoms with E-state index in [0.717, 1.165) is 19.1 Å². The number of unbranched alkanes of at least 4 members (excludes halogenated alkanes) is 7. The second kappa shape index (κ2) is 12.6. The molecule has 106 valence electrons. The molecule has 0 aromatic carbocycles. The number of ketones is 1. The van der Waals surface area contributed by atoms with Gasteiger partial charge in [0.15, 0.2) is 5.78 Å². The molecule has 0 heterocycles. The number of hydrogen-bond acceptors (Lipinski definition) is 3. The van der Waals surface area contributed by atoms with Crippen LogP contribution in [-0.2, 0) is 4.79 Å². The molecule has 0 fully saturated rings. The summed E-state index contributed by atoms with van der Waals surface area (Å²) in [6.07, 6.45) is 11.3. The molecule has 2 N–H and O–H groups in total. The maximum atomic E-state index is 11.0. The molecule has 0 amide bonds. The van der Waals surface area contributed by atoms with Crippen LogP contribution in [0, 0.1) is 0 Å². The summed E-state index contributed by atoms with van der Waals surface area (Å²) >= 11 is 0. The van der Waals surface area contributed by atoms with Crippen molar-refractivity contribution >= 4 is 12.0 Å². The van der Waals surface area contributed by atoms with Crippen molar-refractivity contribution in [1.82, 2.24) is 0 Å². The number of Topliss-reactive ketones (excluding diaryl/α,β-unsaturated/α-hetero) is 1. The van der Waals surface area contributed by atoms with Crippen LogP contribution in [-0.4, -0.2) is 37.8 Å². The topological polar surface area (TPSA) is 54.1 Å². The molecule has 4 nitrogen and oxygen atoms in total. The highest BCUT2D eigenvalue weighted by Crippen LogP contribution is 2.09. The monoisotopic (exact) mass is 257 g/mol. The van der Waals surface area contributed by atoms with Crippen LogP contribution in [0.25, 0.3) is 0 Å². The van der Waals surface area contributed by atoms with Crippen molar-refractivity contribution in [1.29, 1.82) is 0 Å². The highest BCUT2D eigenvalue weighted by atomic mass is 16.4. The largest absolute Gasteiger partial charge is 0.411 e. The number of carbonyl (C=O) groups excluding carboxylic acids is 1. The quantitative estimate of drug-likeness (QED) is 0.242. The zero-order valence-electron chi connectivity index (χ0n) is 12.0. The standard InChI is InChI=1S/C14H28N2O2/c1-16(2)12-10-8-6-4-3-5-7-9-11-14(17)13-15-18/h13,18H,3-12H2,1-2H3/p+1/b15-13-. The number of nitrogens with one attached hydrogen (secondary N) is 1. The number of quaternary nitrogens is 1. The van der Waals surface area contributed by atoms with Crippen molar-refractivity contribution < 1.29 is 14.9 Å². The average molecular weight is 257 g/mol. The van der Waals surface area contributed by atoms with Gasteiger partial charge in [0.25, 0.3) is 0 Å². The van der Waals surface area contributed by atoms with E-state index in [9.17, 15) is 4.79 Å². The molecule has 0 atom stereocenters. The van der Waals surface area contributed by atoms with Gasteiger partial charge in [-0.15, -0.1) is 0 Å². The Morgan fingerprint density at radius 1 is 1.00 bits per heavy atom. The Morgan fingerprint density at radius 3 is 2.00 bits per heavy atom. The summed E-state index contributed by atoms with van der Waals surface area (Å²) in [4.78, 5) is 12.5. The van der Waals surface area contributed by atoms with Gasteiger partial charge in [0.2, 0.25) is 0 Å². The molecule has 0 aliphatic rings. The van der Waals surface area contributed by atoms with E-state index in [1.807, 2.05) is 0 Å². The number of hydrogen-bond donors (Lipinski definition) is 2. The number of rotatable bonds is 12. The lowest BCUT2D eigenvalue weighted by Crippen LogP contribution is -3.05. The van der Waals surface area contributed by atoms with Crippen LogP contribution in [0.3, 0.4) is 0 Å². The summed E-state index contributed by atoms with van der Waals surface area (Å²) in [5.74, 6) is -0.0799. The molecule has 0 saturated carbocycles. The number of nitrogens with zero attached hydrogens (tertiary/aromatic N) is 1. The zero-order valence-corrected chi connectivity index (χ0v) is 12.0. The summed E-state index contributed by atoms with van der Waals surface area (Å²) in [7, 11) is 4.39. The second-order valence-corrected chi connectivity index (χ2v) is 5.25. The lowest BCUT2D eigenvalue weighted by Gasteiger charge is -2.06. The molecule has 0 radical (unpaired) electrons. The van der Waals surface area contributed by atoms with Crippen molar-refractivity contribution in [3.63, 3.8) is 0 Å². The fourth-order valence-corrected chi connectivity index (χ4v) is 1.97. The average Bonchev–Trinajstić information content (AvgIpc) is 2.31. The van der Waals surface area contributed by atoms with E-state index in [2.05, 4.69) is 19.3 Å². The molecular formula is C14H29N2O2+. The van der Waals surface area contributed by atoms with E-state index in [-0.39, 0.29) is 5.78 Å². The summed E-state index contributed by atoms with van der Waals surface area (Å²) < 4.78 is 0. The smallest absolute Gasteiger partial charge is 0.177 e. The summed E-state index contributed by atoms with van der Waals surface area (Å²) in [6.45, 7) is 1.27. The Labute approximate surface area is 111 Å². The highest BCUT2D eigenvalue weighted by molar-refractivity contribution is 6.27. The Morgan fingerprint density at radius 2 is 1.50 bits per heavy atom. The summed E-state index contributed by atoms with van der Waals surface area (Å²) in [5, 5.41) is 10.9. The van der Waals surface area contributed by atoms with Crippen molar-refractivity contribution in [2.45, 2.75) is 57.8 Å². The van der Waals surface area contributed by atoms with Crippen molar-refractivity contribution in [2.75, 3.05) is 20.6 Å². The second-order valence-electron chi connectivity index (χ2n) is 5.25. The predicted octanol–water partition coefficient (Wildman–Crippen LogP) is 1.67. The maximum Gasteiger partial charge on any atom is 0.177 e.